The van der Waals surface area contributed by atoms with Gasteiger partial charge in [-0.05, 0) is 121 Å². The fourth-order valence-electron chi connectivity index (χ4n) is 12.4. The minimum Gasteiger partial charge on any atom is -0.443 e. The Labute approximate surface area is 230 Å². The van der Waals surface area contributed by atoms with Crippen molar-refractivity contribution < 1.29 is 19.4 Å². The van der Waals surface area contributed by atoms with Gasteiger partial charge in [0.15, 0.2) is 0 Å². The number of nitrogens with zero attached hydrogens (tertiary/aromatic N) is 1. The minimum absolute atomic E-state index is 0.0119. The van der Waals surface area contributed by atoms with Gasteiger partial charge in [0.05, 0.1) is 18.3 Å². The van der Waals surface area contributed by atoms with Crippen LogP contribution in [0.4, 0.5) is 4.79 Å². The molecule has 214 valence electrons. The molecule has 4 unspecified atom stereocenters. The minimum atomic E-state index is -0.161. The maximum absolute atomic E-state index is 12.8. The molecule has 5 nitrogen and oxygen atoms in total. The van der Waals surface area contributed by atoms with Crippen LogP contribution in [0.3, 0.4) is 0 Å². The maximum atomic E-state index is 12.8. The number of carbonyl (C=O) groups excluding carboxylic acids is 1. The standard InChI is InChI=1S/C33H53NO4/c1-19(2)28(38-29(36)34-14-7-15-34)24-16-20(3)27-23(37-24)17-22-21-8-9-25-30(4,5)26(35)10-11-33(25)18-32(21,33)13-12-31(22,27)6/h19-28,35H,7-18H2,1-6H3/t20-,21?,22?,23?,24?,25+,26+,27+,28-,31+,32+,33-/m1/s1. The summed E-state index contributed by atoms with van der Waals surface area (Å²) in [5, 5.41) is 10.9. The van der Waals surface area contributed by atoms with Crippen LogP contribution in [0.1, 0.15) is 106 Å². The van der Waals surface area contributed by atoms with Crippen molar-refractivity contribution in [1.82, 2.24) is 4.90 Å². The Bertz CT molecular complexity index is 976. The summed E-state index contributed by atoms with van der Waals surface area (Å²) in [7, 11) is 0. The van der Waals surface area contributed by atoms with Crippen molar-refractivity contribution in [3.63, 3.8) is 0 Å². The molecule has 7 aliphatic rings. The first-order chi connectivity index (χ1) is 17.9. The van der Waals surface area contributed by atoms with Crippen LogP contribution in [-0.2, 0) is 9.47 Å². The predicted octanol–water partition coefficient (Wildman–Crippen LogP) is 6.67. The molecular weight excluding hydrogens is 474 g/mol. The van der Waals surface area contributed by atoms with Gasteiger partial charge in [0.1, 0.15) is 6.10 Å². The van der Waals surface area contributed by atoms with Gasteiger partial charge in [-0.3, -0.25) is 0 Å². The van der Waals surface area contributed by atoms with Gasteiger partial charge >= 0.3 is 6.09 Å². The lowest BCUT2D eigenvalue weighted by Crippen LogP contribution is -2.55. The number of amides is 1. The molecule has 2 aliphatic heterocycles. The summed E-state index contributed by atoms with van der Waals surface area (Å²) in [6, 6.07) is 0. The number of rotatable bonds is 3. The van der Waals surface area contributed by atoms with Crippen molar-refractivity contribution in [1.29, 1.82) is 0 Å². The molecule has 1 N–H and O–H groups in total. The third-order valence-electron chi connectivity index (χ3n) is 14.3. The Morgan fingerprint density at radius 3 is 2.45 bits per heavy atom. The summed E-state index contributed by atoms with van der Waals surface area (Å²) in [5.41, 5.74) is 1.45. The fraction of sp³-hybridized carbons (Fsp3) is 0.970. The normalized spacial score (nSPS) is 53.0. The zero-order valence-electron chi connectivity index (χ0n) is 24.9. The van der Waals surface area contributed by atoms with E-state index in [9.17, 15) is 9.90 Å². The van der Waals surface area contributed by atoms with E-state index in [4.69, 9.17) is 9.47 Å². The van der Waals surface area contributed by atoms with Crippen LogP contribution in [0.2, 0.25) is 0 Å². The van der Waals surface area contributed by atoms with Crippen LogP contribution in [0.15, 0.2) is 0 Å². The second-order valence-corrected chi connectivity index (χ2v) is 16.3. The summed E-state index contributed by atoms with van der Waals surface area (Å²) in [6.07, 6.45) is 12.3. The molecule has 2 spiro atoms. The summed E-state index contributed by atoms with van der Waals surface area (Å²) in [6.45, 7) is 15.9. The number of hydrogen-bond donors (Lipinski definition) is 1. The van der Waals surface area contributed by atoms with Crippen LogP contribution in [0.25, 0.3) is 0 Å². The molecule has 5 aliphatic carbocycles. The summed E-state index contributed by atoms with van der Waals surface area (Å²) >= 11 is 0. The van der Waals surface area contributed by atoms with Crippen molar-refractivity contribution in [3.05, 3.63) is 0 Å². The van der Waals surface area contributed by atoms with E-state index in [-0.39, 0.29) is 35.7 Å². The number of aliphatic hydroxyl groups excluding tert-OH is 1. The Balaban J connectivity index is 1.12. The Hall–Kier alpha value is -0.810. The van der Waals surface area contributed by atoms with Crippen LogP contribution in [0, 0.1) is 57.2 Å². The first kappa shape index (κ1) is 26.1. The van der Waals surface area contributed by atoms with Crippen molar-refractivity contribution in [3.8, 4) is 0 Å². The van der Waals surface area contributed by atoms with E-state index in [1.165, 1.54) is 44.9 Å². The lowest BCUT2D eigenvalue weighted by Gasteiger charge is -2.59. The molecule has 7 rings (SSSR count). The lowest BCUT2D eigenvalue weighted by atomic mass is 9.46. The SMILES string of the molecule is CC(C)[C@@H](OC(=O)N1CCC1)C1C[C@@H](C)[C@H]2C(CC3C4CC[C@H]5C(C)(C)[C@@H](O)CC[C@@]56C[C@@]46CC[C@@]32C)O1. The number of aliphatic hydroxyl groups is 1. The number of ether oxygens (including phenoxy) is 2. The highest BCUT2D eigenvalue weighted by Crippen LogP contribution is 2.87. The highest BCUT2D eigenvalue weighted by atomic mass is 16.6. The van der Waals surface area contributed by atoms with E-state index in [0.717, 1.165) is 44.2 Å². The second kappa shape index (κ2) is 8.37. The molecule has 0 bridgehead atoms. The smallest absolute Gasteiger partial charge is 0.410 e. The molecule has 5 heteroatoms. The van der Waals surface area contributed by atoms with Gasteiger partial charge in [0, 0.05) is 13.1 Å². The molecule has 12 atom stereocenters. The van der Waals surface area contributed by atoms with Gasteiger partial charge in [0.2, 0.25) is 0 Å². The number of likely N-dealkylation sites (tertiary alicyclic amines) is 1. The molecule has 0 aromatic heterocycles. The molecule has 38 heavy (non-hydrogen) atoms. The molecule has 0 aromatic rings. The first-order valence-electron chi connectivity index (χ1n) is 16.2. The van der Waals surface area contributed by atoms with Crippen LogP contribution in [-0.4, -0.2) is 53.6 Å². The third kappa shape index (κ3) is 3.27. The fourth-order valence-corrected chi connectivity index (χ4v) is 12.4. The van der Waals surface area contributed by atoms with Gasteiger partial charge in [-0.15, -0.1) is 0 Å². The van der Waals surface area contributed by atoms with Crippen LogP contribution >= 0.6 is 0 Å². The average Bonchev–Trinajstić information content (AvgIpc) is 3.38. The average molecular weight is 528 g/mol. The summed E-state index contributed by atoms with van der Waals surface area (Å²) < 4.78 is 13.2. The zero-order chi connectivity index (χ0) is 26.8. The number of carbonyl (C=O) groups is 1. The van der Waals surface area contributed by atoms with Gasteiger partial charge in [-0.2, -0.15) is 0 Å². The van der Waals surface area contributed by atoms with E-state index in [1.54, 1.807) is 0 Å². The number of hydrogen-bond acceptors (Lipinski definition) is 4. The van der Waals surface area contributed by atoms with Gasteiger partial charge < -0.3 is 19.5 Å². The van der Waals surface area contributed by atoms with Crippen molar-refractivity contribution in [2.24, 2.45) is 57.2 Å². The van der Waals surface area contributed by atoms with Crippen LogP contribution < -0.4 is 0 Å². The lowest BCUT2D eigenvalue weighted by molar-refractivity contribution is -0.167. The first-order valence-corrected chi connectivity index (χ1v) is 16.2. The van der Waals surface area contributed by atoms with E-state index >= 15 is 0 Å². The molecule has 0 radical (unpaired) electrons. The monoisotopic (exact) mass is 527 g/mol. The predicted molar refractivity (Wildman–Crippen MR) is 147 cm³/mol. The topological polar surface area (TPSA) is 59.0 Å². The van der Waals surface area contributed by atoms with E-state index in [2.05, 4.69) is 41.5 Å². The van der Waals surface area contributed by atoms with Crippen molar-refractivity contribution in [2.75, 3.05) is 13.1 Å². The second-order valence-electron chi connectivity index (χ2n) is 16.3. The van der Waals surface area contributed by atoms with Crippen molar-refractivity contribution >= 4 is 6.09 Å². The Kier molecular flexibility index (Phi) is 5.75. The highest BCUT2D eigenvalue weighted by molar-refractivity contribution is 5.68. The van der Waals surface area contributed by atoms with E-state index < -0.39 is 0 Å². The molecule has 7 fully saturated rings. The van der Waals surface area contributed by atoms with Crippen LogP contribution in [0.5, 0.6) is 0 Å². The third-order valence-corrected chi connectivity index (χ3v) is 14.3. The molecule has 0 aromatic carbocycles. The molecule has 2 saturated heterocycles. The maximum Gasteiger partial charge on any atom is 0.410 e. The summed E-state index contributed by atoms with van der Waals surface area (Å²) in [5.74, 6) is 3.74. The molecule has 1 amide bonds. The quantitative estimate of drug-likeness (QED) is 0.445. The van der Waals surface area contributed by atoms with E-state index in [0.29, 0.717) is 40.1 Å². The van der Waals surface area contributed by atoms with Crippen molar-refractivity contribution in [2.45, 2.75) is 130 Å². The molecule has 5 saturated carbocycles. The van der Waals surface area contributed by atoms with Gasteiger partial charge in [-0.1, -0.05) is 41.5 Å². The zero-order valence-corrected chi connectivity index (χ0v) is 24.9. The van der Waals surface area contributed by atoms with E-state index in [1.807, 2.05) is 4.90 Å². The highest BCUT2D eigenvalue weighted by Gasteiger charge is 2.80. The largest absolute Gasteiger partial charge is 0.443 e. The molecular formula is C33H53NO4. The van der Waals surface area contributed by atoms with Gasteiger partial charge in [-0.25, -0.2) is 4.79 Å². The number of fused-ring (bicyclic) bond motifs is 4. The summed E-state index contributed by atoms with van der Waals surface area (Å²) in [4.78, 5) is 14.6. The Morgan fingerprint density at radius 1 is 1.00 bits per heavy atom. The Morgan fingerprint density at radius 2 is 1.76 bits per heavy atom. The van der Waals surface area contributed by atoms with Gasteiger partial charge in [0.25, 0.3) is 0 Å². The molecule has 2 heterocycles.